The Morgan fingerprint density at radius 3 is 1.25 bits per heavy atom. The monoisotopic (exact) mass is 436 g/mol. The van der Waals surface area contributed by atoms with Gasteiger partial charge in [-0.05, 0) is 35.8 Å². The largest absolute Gasteiger partial charge is 0.397 e. The number of anilines is 2. The Kier molecular flexibility index (Phi) is 6.29. The number of hydrogen-bond acceptors (Lipinski definition) is 2. The zero-order valence-corrected chi connectivity index (χ0v) is 16.1. The Morgan fingerprint density at radius 2 is 0.917 bits per heavy atom. The predicted molar refractivity (Wildman–Crippen MR) is 106 cm³/mol. The summed E-state index contributed by atoms with van der Waals surface area (Å²) in [5.74, 6) is 10.6. The lowest BCUT2D eigenvalue weighted by Crippen LogP contribution is -1.91. The third-order valence-corrected chi connectivity index (χ3v) is 5.17. The van der Waals surface area contributed by atoms with E-state index in [1.807, 2.05) is 0 Å². The number of rotatable bonds is 0. The van der Waals surface area contributed by atoms with Crippen LogP contribution in [0, 0.1) is 23.7 Å². The Hall–Kier alpha value is -1.10. The molecule has 2 nitrogen and oxygen atoms in total. The van der Waals surface area contributed by atoms with Gasteiger partial charge in [0.25, 0.3) is 0 Å². The number of halogens is 6. The molecule has 2 aromatic carbocycles. The van der Waals surface area contributed by atoms with Gasteiger partial charge in [-0.25, -0.2) is 0 Å². The smallest absolute Gasteiger partial charge is 0.0835 e. The lowest BCUT2D eigenvalue weighted by Gasteiger charge is -2.05. The van der Waals surface area contributed by atoms with Gasteiger partial charge in [0.1, 0.15) is 0 Å². The van der Waals surface area contributed by atoms with E-state index in [4.69, 9.17) is 81.1 Å². The second kappa shape index (κ2) is 7.85. The minimum atomic E-state index is 0.155. The Labute approximate surface area is 168 Å². The van der Waals surface area contributed by atoms with Gasteiger partial charge in [-0.15, -0.1) is 0 Å². The van der Waals surface area contributed by atoms with Crippen molar-refractivity contribution in [2.45, 2.75) is 0 Å². The molecule has 0 fully saturated rings. The van der Waals surface area contributed by atoms with Gasteiger partial charge >= 0.3 is 0 Å². The van der Waals surface area contributed by atoms with Gasteiger partial charge in [-0.2, -0.15) is 0 Å². The number of hydrogen-bond donors (Lipinski definition) is 2. The molecular weight excluding hydrogens is 433 g/mol. The molecular formula is C16H6Cl6N2. The molecule has 0 saturated carbocycles. The summed E-state index contributed by atoms with van der Waals surface area (Å²) >= 11 is 36.1. The Bertz CT molecular complexity index is 881. The summed E-state index contributed by atoms with van der Waals surface area (Å²) in [7, 11) is 0. The Morgan fingerprint density at radius 1 is 0.583 bits per heavy atom. The minimum absolute atomic E-state index is 0.155. The summed E-state index contributed by atoms with van der Waals surface area (Å²) in [5.41, 5.74) is 12.5. The highest BCUT2D eigenvalue weighted by Gasteiger charge is 2.12. The molecule has 0 spiro atoms. The molecule has 0 aromatic heterocycles. The van der Waals surface area contributed by atoms with E-state index in [1.165, 1.54) is 12.1 Å². The molecule has 0 saturated heterocycles. The van der Waals surface area contributed by atoms with Gasteiger partial charge in [-0.3, -0.25) is 0 Å². The van der Waals surface area contributed by atoms with Crippen LogP contribution in [0.5, 0.6) is 0 Å². The molecule has 4 N–H and O–H groups in total. The maximum Gasteiger partial charge on any atom is 0.0835 e. The van der Waals surface area contributed by atoms with Crippen LogP contribution in [0.25, 0.3) is 0 Å². The van der Waals surface area contributed by atoms with Crippen LogP contribution < -0.4 is 11.5 Å². The Balaban J connectivity index is 2.44. The molecule has 0 bridgehead atoms. The number of nitrogens with two attached hydrogens (primary N) is 2. The summed E-state index contributed by atoms with van der Waals surface area (Å²) in [6.45, 7) is 0. The number of benzene rings is 2. The van der Waals surface area contributed by atoms with Crippen LogP contribution in [-0.4, -0.2) is 0 Å². The summed E-state index contributed by atoms with van der Waals surface area (Å²) in [6.07, 6.45) is 0. The van der Waals surface area contributed by atoms with Crippen molar-refractivity contribution in [2.75, 3.05) is 11.5 Å². The van der Waals surface area contributed by atoms with E-state index in [1.54, 1.807) is 0 Å². The van der Waals surface area contributed by atoms with E-state index >= 15 is 0 Å². The first-order valence-electron chi connectivity index (χ1n) is 6.12. The van der Waals surface area contributed by atoms with Crippen molar-refractivity contribution in [3.63, 3.8) is 0 Å². The van der Waals surface area contributed by atoms with Crippen LogP contribution in [0.1, 0.15) is 11.1 Å². The van der Waals surface area contributed by atoms with Gasteiger partial charge in [0, 0.05) is 0 Å². The molecule has 0 unspecified atom stereocenters. The molecule has 0 aliphatic carbocycles. The van der Waals surface area contributed by atoms with Gasteiger partial charge in [-0.1, -0.05) is 69.6 Å². The lowest BCUT2D eigenvalue weighted by atomic mass is 10.2. The van der Waals surface area contributed by atoms with Crippen molar-refractivity contribution in [3.05, 3.63) is 53.4 Å². The normalized spacial score (nSPS) is 9.75. The first-order chi connectivity index (χ1) is 11.2. The predicted octanol–water partition coefficient (Wildman–Crippen LogP) is 6.17. The molecule has 0 atom stereocenters. The average Bonchev–Trinajstić information content (AvgIpc) is 2.52. The van der Waals surface area contributed by atoms with Crippen LogP contribution in [-0.2, 0) is 0 Å². The first kappa shape index (κ1) is 19.2. The second-order valence-corrected chi connectivity index (χ2v) is 6.73. The summed E-state index contributed by atoms with van der Waals surface area (Å²) in [5, 5.41) is 1.19. The van der Waals surface area contributed by atoms with Crippen LogP contribution in [0.4, 0.5) is 11.4 Å². The van der Waals surface area contributed by atoms with Crippen molar-refractivity contribution in [3.8, 4) is 23.7 Å². The molecule has 2 rings (SSSR count). The molecule has 0 aliphatic heterocycles. The van der Waals surface area contributed by atoms with Crippen molar-refractivity contribution in [2.24, 2.45) is 0 Å². The van der Waals surface area contributed by atoms with Crippen LogP contribution in [0.2, 0.25) is 30.1 Å². The number of nitrogen functional groups attached to an aromatic ring is 2. The third-order valence-electron chi connectivity index (χ3n) is 2.81. The topological polar surface area (TPSA) is 52.0 Å². The fourth-order valence-electron chi connectivity index (χ4n) is 1.64. The fourth-order valence-corrected chi connectivity index (χ4v) is 3.07. The van der Waals surface area contributed by atoms with E-state index in [9.17, 15) is 0 Å². The van der Waals surface area contributed by atoms with Gasteiger partial charge in [0.2, 0.25) is 0 Å². The van der Waals surface area contributed by atoms with Crippen molar-refractivity contribution >= 4 is 81.0 Å². The van der Waals surface area contributed by atoms with Crippen molar-refractivity contribution in [1.29, 1.82) is 0 Å². The highest BCUT2D eigenvalue weighted by Crippen LogP contribution is 2.36. The second-order valence-electron chi connectivity index (χ2n) is 4.40. The molecule has 0 aliphatic rings. The lowest BCUT2D eigenvalue weighted by molar-refractivity contribution is 1.62. The summed E-state index contributed by atoms with van der Waals surface area (Å²) < 4.78 is 0. The molecule has 0 heterocycles. The minimum Gasteiger partial charge on any atom is -0.397 e. The highest BCUT2D eigenvalue weighted by atomic mass is 35.5. The van der Waals surface area contributed by atoms with Crippen molar-refractivity contribution in [1.82, 2.24) is 0 Å². The molecule has 8 heteroatoms. The molecule has 24 heavy (non-hydrogen) atoms. The molecule has 2 aromatic rings. The van der Waals surface area contributed by atoms with Gasteiger partial charge < -0.3 is 11.5 Å². The quantitative estimate of drug-likeness (QED) is 0.293. The first-order valence-corrected chi connectivity index (χ1v) is 8.38. The van der Waals surface area contributed by atoms with Gasteiger partial charge in [0.05, 0.1) is 52.6 Å². The average molecular weight is 439 g/mol. The van der Waals surface area contributed by atoms with E-state index in [0.29, 0.717) is 11.1 Å². The maximum absolute atomic E-state index is 6.07. The maximum atomic E-state index is 6.07. The standard InChI is InChI=1S/C16H6Cl6N2/c17-9-5-11(23)15(21)13(19)7(9)3-1-2-4-8-10(18)6-12(24)16(22)14(8)20/h5-6H,23-24H2. The third kappa shape index (κ3) is 3.93. The zero-order valence-electron chi connectivity index (χ0n) is 11.6. The van der Waals surface area contributed by atoms with Crippen LogP contribution in [0.3, 0.4) is 0 Å². The summed E-state index contributed by atoms with van der Waals surface area (Å²) in [4.78, 5) is 0. The molecule has 0 amide bonds. The van der Waals surface area contributed by atoms with Gasteiger partial charge in [0.15, 0.2) is 0 Å². The van der Waals surface area contributed by atoms with E-state index < -0.39 is 0 Å². The van der Waals surface area contributed by atoms with E-state index in [-0.39, 0.29) is 41.5 Å². The van der Waals surface area contributed by atoms with E-state index in [2.05, 4.69) is 23.7 Å². The highest BCUT2D eigenvalue weighted by molar-refractivity contribution is 6.46. The van der Waals surface area contributed by atoms with E-state index in [0.717, 1.165) is 0 Å². The van der Waals surface area contributed by atoms with Crippen LogP contribution in [0.15, 0.2) is 12.1 Å². The molecule has 122 valence electrons. The van der Waals surface area contributed by atoms with Crippen molar-refractivity contribution < 1.29 is 0 Å². The van der Waals surface area contributed by atoms with Crippen LogP contribution >= 0.6 is 69.6 Å². The SMILES string of the molecule is Nc1cc(Cl)c(C#CC#Cc2c(Cl)cc(N)c(Cl)c2Cl)c(Cl)c1Cl. The zero-order chi connectivity index (χ0) is 18.0. The fraction of sp³-hybridized carbons (Fsp3) is 0. The molecule has 0 radical (unpaired) electrons. The summed E-state index contributed by atoms with van der Waals surface area (Å²) in [6, 6.07) is 2.92.